The summed E-state index contributed by atoms with van der Waals surface area (Å²) < 4.78 is 13.2. The summed E-state index contributed by atoms with van der Waals surface area (Å²) in [5, 5.41) is 3.59. The summed E-state index contributed by atoms with van der Waals surface area (Å²) in [4.78, 5) is 0. The Morgan fingerprint density at radius 2 is 2.18 bits per heavy atom. The van der Waals surface area contributed by atoms with Crippen molar-refractivity contribution in [1.29, 1.82) is 0 Å². The molecule has 1 aromatic carbocycles. The highest BCUT2D eigenvalue weighted by atomic mass is 19.1. The third kappa shape index (κ3) is 2.68. The van der Waals surface area contributed by atoms with Crippen molar-refractivity contribution in [3.63, 3.8) is 0 Å². The molecule has 0 aromatic heterocycles. The van der Waals surface area contributed by atoms with Crippen LogP contribution < -0.4 is 5.32 Å². The molecule has 1 N–H and O–H groups in total. The van der Waals surface area contributed by atoms with Crippen LogP contribution >= 0.6 is 0 Å². The normalized spacial score (nSPS) is 27.8. The van der Waals surface area contributed by atoms with E-state index >= 15 is 0 Å². The third-order valence-electron chi connectivity index (χ3n) is 3.95. The molecular formula is C15H22FN. The zero-order chi connectivity index (χ0) is 12.3. The molecule has 1 saturated carbocycles. The first-order chi connectivity index (χ1) is 8.26. The van der Waals surface area contributed by atoms with E-state index in [1.54, 1.807) is 6.07 Å². The SMILES string of the molecule is CCCNC1CC(c2cccc(F)c2)C1CC. The molecule has 0 aliphatic heterocycles. The molecule has 1 nitrogen and oxygen atoms in total. The van der Waals surface area contributed by atoms with E-state index in [1.807, 2.05) is 6.07 Å². The summed E-state index contributed by atoms with van der Waals surface area (Å²) in [6.07, 6.45) is 3.50. The van der Waals surface area contributed by atoms with Gasteiger partial charge < -0.3 is 5.32 Å². The van der Waals surface area contributed by atoms with Gasteiger partial charge in [-0.15, -0.1) is 0 Å². The average molecular weight is 235 g/mol. The summed E-state index contributed by atoms with van der Waals surface area (Å²) in [7, 11) is 0. The van der Waals surface area contributed by atoms with E-state index in [1.165, 1.54) is 24.5 Å². The van der Waals surface area contributed by atoms with Gasteiger partial charge in [-0.25, -0.2) is 4.39 Å². The Balaban J connectivity index is 2.00. The fourth-order valence-corrected chi connectivity index (χ4v) is 2.96. The van der Waals surface area contributed by atoms with E-state index in [9.17, 15) is 4.39 Å². The van der Waals surface area contributed by atoms with Crippen molar-refractivity contribution in [2.75, 3.05) is 6.54 Å². The van der Waals surface area contributed by atoms with Gasteiger partial charge in [-0.1, -0.05) is 32.4 Å². The van der Waals surface area contributed by atoms with Crippen LogP contribution in [0.5, 0.6) is 0 Å². The zero-order valence-electron chi connectivity index (χ0n) is 10.7. The van der Waals surface area contributed by atoms with Crippen LogP contribution in [-0.4, -0.2) is 12.6 Å². The predicted octanol–water partition coefficient (Wildman–Crippen LogP) is 3.71. The highest BCUT2D eigenvalue weighted by Gasteiger charge is 2.39. The Morgan fingerprint density at radius 1 is 1.35 bits per heavy atom. The van der Waals surface area contributed by atoms with Gasteiger partial charge in [-0.2, -0.15) is 0 Å². The monoisotopic (exact) mass is 235 g/mol. The second-order valence-electron chi connectivity index (χ2n) is 5.03. The number of halogens is 1. The van der Waals surface area contributed by atoms with Gasteiger partial charge in [0.15, 0.2) is 0 Å². The number of nitrogens with one attached hydrogen (secondary N) is 1. The Morgan fingerprint density at radius 3 is 2.82 bits per heavy atom. The maximum atomic E-state index is 13.2. The average Bonchev–Trinajstić information content (AvgIpc) is 2.28. The zero-order valence-corrected chi connectivity index (χ0v) is 10.7. The Labute approximate surface area is 103 Å². The highest BCUT2D eigenvalue weighted by molar-refractivity contribution is 5.25. The van der Waals surface area contributed by atoms with Crippen molar-refractivity contribution in [3.05, 3.63) is 35.6 Å². The number of hydrogen-bond acceptors (Lipinski definition) is 1. The van der Waals surface area contributed by atoms with E-state index in [2.05, 4.69) is 25.2 Å². The number of rotatable bonds is 5. The minimum Gasteiger partial charge on any atom is -0.314 e. The molecule has 0 amide bonds. The minimum atomic E-state index is -0.109. The molecule has 0 saturated heterocycles. The van der Waals surface area contributed by atoms with Crippen molar-refractivity contribution < 1.29 is 4.39 Å². The second-order valence-corrected chi connectivity index (χ2v) is 5.03. The molecule has 0 heterocycles. The summed E-state index contributed by atoms with van der Waals surface area (Å²) in [5.74, 6) is 1.11. The largest absolute Gasteiger partial charge is 0.314 e. The molecule has 2 rings (SSSR count). The standard InChI is InChI=1S/C15H22FN/c1-3-8-17-15-10-14(13(15)4-2)11-6-5-7-12(16)9-11/h5-7,9,13-15,17H,3-4,8,10H2,1-2H3. The van der Waals surface area contributed by atoms with Gasteiger partial charge in [0.1, 0.15) is 5.82 Å². The van der Waals surface area contributed by atoms with E-state index in [4.69, 9.17) is 0 Å². The fourth-order valence-electron chi connectivity index (χ4n) is 2.96. The van der Waals surface area contributed by atoms with Gasteiger partial charge in [0.25, 0.3) is 0 Å². The molecule has 1 fully saturated rings. The molecular weight excluding hydrogens is 213 g/mol. The molecule has 1 aliphatic carbocycles. The lowest BCUT2D eigenvalue weighted by molar-refractivity contribution is 0.160. The second kappa shape index (κ2) is 5.63. The van der Waals surface area contributed by atoms with Crippen LogP contribution in [0.25, 0.3) is 0 Å². The lowest BCUT2D eigenvalue weighted by Gasteiger charge is -2.45. The lowest BCUT2D eigenvalue weighted by Crippen LogP contribution is -2.49. The Kier molecular flexibility index (Phi) is 4.16. The third-order valence-corrected chi connectivity index (χ3v) is 3.95. The number of hydrogen-bond donors (Lipinski definition) is 1. The van der Waals surface area contributed by atoms with E-state index in [-0.39, 0.29) is 5.82 Å². The molecule has 94 valence electrons. The number of benzene rings is 1. The quantitative estimate of drug-likeness (QED) is 0.820. The van der Waals surface area contributed by atoms with Gasteiger partial charge in [0.05, 0.1) is 0 Å². The van der Waals surface area contributed by atoms with Crippen molar-refractivity contribution in [1.82, 2.24) is 5.32 Å². The molecule has 17 heavy (non-hydrogen) atoms. The van der Waals surface area contributed by atoms with Gasteiger partial charge in [-0.05, 0) is 48.9 Å². The van der Waals surface area contributed by atoms with Crippen LogP contribution in [0.2, 0.25) is 0 Å². The van der Waals surface area contributed by atoms with E-state index in [0.717, 1.165) is 13.0 Å². The molecule has 0 bridgehead atoms. The van der Waals surface area contributed by atoms with Crippen LogP contribution in [0, 0.1) is 11.7 Å². The van der Waals surface area contributed by atoms with Crippen LogP contribution in [0.15, 0.2) is 24.3 Å². The lowest BCUT2D eigenvalue weighted by atomic mass is 9.65. The molecule has 3 unspecified atom stereocenters. The van der Waals surface area contributed by atoms with Crippen LogP contribution in [0.4, 0.5) is 4.39 Å². The van der Waals surface area contributed by atoms with Crippen LogP contribution in [0.3, 0.4) is 0 Å². The van der Waals surface area contributed by atoms with Gasteiger partial charge in [-0.3, -0.25) is 0 Å². The summed E-state index contributed by atoms with van der Waals surface area (Å²) in [6.45, 7) is 5.52. The van der Waals surface area contributed by atoms with Crippen molar-refractivity contribution in [3.8, 4) is 0 Å². The van der Waals surface area contributed by atoms with Gasteiger partial charge >= 0.3 is 0 Å². The maximum Gasteiger partial charge on any atom is 0.123 e. The van der Waals surface area contributed by atoms with Crippen LogP contribution in [-0.2, 0) is 0 Å². The molecule has 2 heteroatoms. The van der Waals surface area contributed by atoms with Gasteiger partial charge in [0.2, 0.25) is 0 Å². The van der Waals surface area contributed by atoms with E-state index in [0.29, 0.717) is 17.9 Å². The van der Waals surface area contributed by atoms with Gasteiger partial charge in [0, 0.05) is 6.04 Å². The fraction of sp³-hybridized carbons (Fsp3) is 0.600. The van der Waals surface area contributed by atoms with E-state index < -0.39 is 0 Å². The summed E-state index contributed by atoms with van der Waals surface area (Å²) in [5.41, 5.74) is 1.17. The first-order valence-corrected chi connectivity index (χ1v) is 6.75. The topological polar surface area (TPSA) is 12.0 Å². The van der Waals surface area contributed by atoms with Crippen molar-refractivity contribution >= 4 is 0 Å². The smallest absolute Gasteiger partial charge is 0.123 e. The summed E-state index contributed by atoms with van der Waals surface area (Å²) in [6, 6.07) is 7.74. The highest BCUT2D eigenvalue weighted by Crippen LogP contribution is 2.44. The Bertz CT molecular complexity index is 364. The Hall–Kier alpha value is -0.890. The molecule has 0 spiro atoms. The first kappa shape index (κ1) is 12.6. The minimum absolute atomic E-state index is 0.109. The molecule has 1 aliphatic rings. The molecule has 0 radical (unpaired) electrons. The predicted molar refractivity (Wildman–Crippen MR) is 69.6 cm³/mol. The summed E-state index contributed by atoms with van der Waals surface area (Å²) >= 11 is 0. The van der Waals surface area contributed by atoms with Crippen molar-refractivity contribution in [2.45, 2.75) is 45.1 Å². The first-order valence-electron chi connectivity index (χ1n) is 6.75. The molecule has 1 aromatic rings. The maximum absolute atomic E-state index is 13.2. The molecule has 3 atom stereocenters. The van der Waals surface area contributed by atoms with Crippen LogP contribution in [0.1, 0.15) is 44.6 Å². The van der Waals surface area contributed by atoms with Crippen molar-refractivity contribution in [2.24, 2.45) is 5.92 Å².